The molecule has 1 heterocycles. The predicted octanol–water partition coefficient (Wildman–Crippen LogP) is 5.52. The highest BCUT2D eigenvalue weighted by atomic mass is 32.2. The number of sulfonamides is 1. The van der Waals surface area contributed by atoms with E-state index in [0.29, 0.717) is 31.4 Å². The number of amides is 2. The highest BCUT2D eigenvalue weighted by Gasteiger charge is 2.56. The molecule has 1 aliphatic heterocycles. The number of methoxy groups -OCH3 is 1. The number of halogens is 7. The molecule has 1 saturated heterocycles. The quantitative estimate of drug-likeness (QED) is 0.232. The van der Waals surface area contributed by atoms with Gasteiger partial charge in [0.05, 0.1) is 29.1 Å². The maximum atomic E-state index is 13.9. The number of piperidine rings is 1. The number of aliphatic hydroxyl groups excluding tert-OH is 1. The van der Waals surface area contributed by atoms with Gasteiger partial charge in [-0.3, -0.25) is 9.59 Å². The van der Waals surface area contributed by atoms with Crippen LogP contribution in [0.1, 0.15) is 48.0 Å². The summed E-state index contributed by atoms with van der Waals surface area (Å²) in [6.45, 7) is 0.364. The normalized spacial score (nSPS) is 24.3. The van der Waals surface area contributed by atoms with Crippen molar-refractivity contribution in [1.29, 1.82) is 0 Å². The molecule has 9 nitrogen and oxygen atoms in total. The van der Waals surface area contributed by atoms with Crippen molar-refractivity contribution in [2.75, 3.05) is 32.1 Å². The summed E-state index contributed by atoms with van der Waals surface area (Å²) in [5.74, 6) is -6.78. The van der Waals surface area contributed by atoms with Crippen molar-refractivity contribution in [1.82, 2.24) is 9.62 Å². The molecule has 2 aromatic carbocycles. The number of rotatable bonds is 9. The molecule has 3 N–H and O–H groups in total. The number of aliphatic hydroxyl groups is 1. The summed E-state index contributed by atoms with van der Waals surface area (Å²) in [5.41, 5.74) is -2.53. The molecule has 0 radical (unpaired) electrons. The number of allylic oxidation sites excluding steroid dienone is 1. The number of ether oxygens (including phenoxy) is 1. The number of carbonyl (C=O) groups is 2. The van der Waals surface area contributed by atoms with Gasteiger partial charge in [-0.2, -0.15) is 30.6 Å². The number of nitrogens with one attached hydrogen (secondary N) is 2. The first-order chi connectivity index (χ1) is 22.9. The molecule has 2 saturated carbocycles. The molecule has 4 atom stereocenters. The molecule has 3 aliphatic rings. The molecule has 0 unspecified atom stereocenters. The van der Waals surface area contributed by atoms with E-state index >= 15 is 0 Å². The average Bonchev–Trinajstić information content (AvgIpc) is 3.54. The molecule has 17 heteroatoms. The molecule has 2 bridgehead atoms. The van der Waals surface area contributed by atoms with E-state index in [0.717, 1.165) is 12.1 Å². The first kappa shape index (κ1) is 36.6. The fourth-order valence-electron chi connectivity index (χ4n) is 7.25. The van der Waals surface area contributed by atoms with Crippen LogP contribution in [0.25, 0.3) is 0 Å². The van der Waals surface area contributed by atoms with Crippen molar-refractivity contribution in [2.45, 2.75) is 55.4 Å². The van der Waals surface area contributed by atoms with Crippen molar-refractivity contribution in [2.24, 2.45) is 23.7 Å². The Labute approximate surface area is 277 Å². The van der Waals surface area contributed by atoms with E-state index in [9.17, 15) is 53.8 Å². The van der Waals surface area contributed by atoms with Gasteiger partial charge in [-0.1, -0.05) is 5.57 Å². The molecule has 5 rings (SSSR count). The Balaban J connectivity index is 1.44. The van der Waals surface area contributed by atoms with Gasteiger partial charge in [0.2, 0.25) is 15.9 Å². The molecule has 3 fully saturated rings. The standard InChI is InChI=1S/C32H34F7N3O6S/c1-48-26-7-3-19(49(46,47)42-11-8-17(9-12-42)10-13-43)15-22(26)29(44)41-28-21-5-4-20(23(21)16-31(34,35)36)27(28)30(45)40-18-2-6-25(33)24(14-18)32(37,38)39/h2-3,6-7,14-17,20-21,27-28,43H,4-5,8-13H2,1H3,(H,40,45)(H,41,44)/b23-16-/t20-,21+,27-,28+/m0/s1. The van der Waals surface area contributed by atoms with E-state index in [2.05, 4.69) is 10.6 Å². The van der Waals surface area contributed by atoms with Gasteiger partial charge in [0.25, 0.3) is 5.91 Å². The van der Waals surface area contributed by atoms with Crippen LogP contribution in [0, 0.1) is 29.5 Å². The van der Waals surface area contributed by atoms with Gasteiger partial charge in [0.1, 0.15) is 11.6 Å². The highest BCUT2D eigenvalue weighted by Crippen LogP contribution is 2.54. The lowest BCUT2D eigenvalue weighted by Gasteiger charge is -2.31. The van der Waals surface area contributed by atoms with E-state index < -0.39 is 75.1 Å². The van der Waals surface area contributed by atoms with Crippen LogP contribution in [-0.2, 0) is 21.0 Å². The maximum Gasteiger partial charge on any atom is 0.419 e. The van der Waals surface area contributed by atoms with Crippen LogP contribution >= 0.6 is 0 Å². The third-order valence-electron chi connectivity index (χ3n) is 9.53. The summed E-state index contributed by atoms with van der Waals surface area (Å²) in [6.07, 6.45) is -7.91. The van der Waals surface area contributed by atoms with E-state index in [1.165, 1.54) is 23.5 Å². The smallest absolute Gasteiger partial charge is 0.419 e. The zero-order valence-electron chi connectivity index (χ0n) is 26.1. The number of hydrogen-bond donors (Lipinski definition) is 3. The van der Waals surface area contributed by atoms with Gasteiger partial charge in [-0.25, -0.2) is 12.8 Å². The lowest BCUT2D eigenvalue weighted by molar-refractivity contribution is -0.140. The minimum atomic E-state index is -5.09. The molecule has 0 spiro atoms. The molecule has 2 aromatic rings. The lowest BCUT2D eigenvalue weighted by Crippen LogP contribution is -2.48. The number of benzene rings is 2. The molecular weight excluding hydrogens is 687 g/mol. The van der Waals surface area contributed by atoms with Crippen LogP contribution in [0.4, 0.5) is 36.4 Å². The first-order valence-corrected chi connectivity index (χ1v) is 17.0. The number of hydrogen-bond acceptors (Lipinski definition) is 6. The Morgan fingerprint density at radius 3 is 2.29 bits per heavy atom. The van der Waals surface area contributed by atoms with Gasteiger partial charge in [0, 0.05) is 43.4 Å². The second kappa shape index (κ2) is 13.9. The summed E-state index contributed by atoms with van der Waals surface area (Å²) < 4.78 is 128. The monoisotopic (exact) mass is 721 g/mol. The maximum absolute atomic E-state index is 13.9. The fraction of sp³-hybridized carbons (Fsp3) is 0.500. The Morgan fingerprint density at radius 1 is 1.00 bits per heavy atom. The Hall–Kier alpha value is -3.70. The zero-order valence-corrected chi connectivity index (χ0v) is 26.9. The topological polar surface area (TPSA) is 125 Å². The summed E-state index contributed by atoms with van der Waals surface area (Å²) in [6, 6.07) is 4.06. The Kier molecular flexibility index (Phi) is 10.4. The van der Waals surface area contributed by atoms with Crippen LogP contribution in [0.5, 0.6) is 5.75 Å². The van der Waals surface area contributed by atoms with Gasteiger partial charge >= 0.3 is 12.4 Å². The third-order valence-corrected chi connectivity index (χ3v) is 11.4. The molecular formula is C32H34F7N3O6S. The Bertz CT molecular complexity index is 1720. The fourth-order valence-corrected chi connectivity index (χ4v) is 8.75. The third kappa shape index (κ3) is 7.72. The largest absolute Gasteiger partial charge is 0.496 e. The molecule has 0 aromatic heterocycles. The second-order valence-electron chi connectivity index (χ2n) is 12.4. The number of fused-ring (bicyclic) bond motifs is 2. The zero-order chi connectivity index (χ0) is 35.9. The Morgan fingerprint density at radius 2 is 1.67 bits per heavy atom. The van der Waals surface area contributed by atoms with Crippen molar-refractivity contribution in [3.8, 4) is 5.75 Å². The summed E-state index contributed by atoms with van der Waals surface area (Å²) in [7, 11) is -2.87. The van der Waals surface area contributed by atoms with Gasteiger partial charge in [0.15, 0.2) is 0 Å². The lowest BCUT2D eigenvalue weighted by atomic mass is 9.83. The number of anilines is 1. The van der Waals surface area contributed by atoms with Crippen molar-refractivity contribution in [3.63, 3.8) is 0 Å². The molecule has 49 heavy (non-hydrogen) atoms. The van der Waals surface area contributed by atoms with Crippen LogP contribution in [-0.4, -0.2) is 68.7 Å². The summed E-state index contributed by atoms with van der Waals surface area (Å²) in [4.78, 5) is 27.1. The minimum absolute atomic E-state index is 0.0157. The second-order valence-corrected chi connectivity index (χ2v) is 14.3. The summed E-state index contributed by atoms with van der Waals surface area (Å²) in [5, 5.41) is 14.0. The predicted molar refractivity (Wildman–Crippen MR) is 161 cm³/mol. The molecule has 2 aliphatic carbocycles. The van der Waals surface area contributed by atoms with Gasteiger partial charge in [-0.05, 0) is 80.3 Å². The minimum Gasteiger partial charge on any atom is -0.496 e. The summed E-state index contributed by atoms with van der Waals surface area (Å²) >= 11 is 0. The molecule has 2 amide bonds. The van der Waals surface area contributed by atoms with Crippen molar-refractivity contribution >= 4 is 27.5 Å². The van der Waals surface area contributed by atoms with Crippen LogP contribution in [0.3, 0.4) is 0 Å². The van der Waals surface area contributed by atoms with Crippen LogP contribution in [0.2, 0.25) is 0 Å². The van der Waals surface area contributed by atoms with Crippen LogP contribution in [0.15, 0.2) is 52.9 Å². The highest BCUT2D eigenvalue weighted by molar-refractivity contribution is 7.89. The number of carbonyl (C=O) groups excluding carboxylic acids is 2. The van der Waals surface area contributed by atoms with Gasteiger partial charge in [-0.15, -0.1) is 0 Å². The molecule has 268 valence electrons. The van der Waals surface area contributed by atoms with E-state index in [1.807, 2.05) is 0 Å². The van der Waals surface area contributed by atoms with Crippen LogP contribution < -0.4 is 15.4 Å². The number of alkyl halides is 6. The van der Waals surface area contributed by atoms with Crippen molar-refractivity contribution < 1.29 is 58.6 Å². The first-order valence-electron chi connectivity index (χ1n) is 15.5. The van der Waals surface area contributed by atoms with Gasteiger partial charge < -0.3 is 20.5 Å². The SMILES string of the molecule is COc1ccc(S(=O)(=O)N2CCC(CCO)CC2)cc1C(=O)N[C@H]1[C@@H](C(=O)Nc2ccc(F)c(C(F)(F)F)c2)[C@H]2CC[C@@H]1/C2=C\C(F)(F)F. The van der Waals surface area contributed by atoms with Crippen molar-refractivity contribution in [3.05, 3.63) is 65.0 Å². The average molecular weight is 722 g/mol. The van der Waals surface area contributed by atoms with E-state index in [4.69, 9.17) is 4.74 Å². The van der Waals surface area contributed by atoms with E-state index in [1.54, 1.807) is 0 Å². The number of nitrogens with zero attached hydrogens (tertiary/aromatic N) is 1. The van der Waals surface area contributed by atoms with E-state index in [-0.39, 0.29) is 66.3 Å².